The first kappa shape index (κ1) is 21.0. The smallest absolute Gasteiger partial charge is 0.255 e. The Balaban J connectivity index is 1.47. The van der Waals surface area contributed by atoms with Crippen LogP contribution in [0.2, 0.25) is 0 Å². The second-order valence-corrected chi connectivity index (χ2v) is 7.85. The van der Waals surface area contributed by atoms with Gasteiger partial charge in [0.25, 0.3) is 5.91 Å². The molecule has 1 fully saturated rings. The van der Waals surface area contributed by atoms with E-state index in [4.69, 9.17) is 12.2 Å². The number of hydrogen-bond donors (Lipinski definition) is 3. The molecule has 2 amide bonds. The summed E-state index contributed by atoms with van der Waals surface area (Å²) in [5.74, 6) is 0.434. The Bertz CT molecular complexity index is 848. The lowest BCUT2D eigenvalue weighted by atomic mass is 9.86. The van der Waals surface area contributed by atoms with Gasteiger partial charge < -0.3 is 16.0 Å². The molecular formula is C23H27N3O2S. The third-order valence-corrected chi connectivity index (χ3v) is 5.38. The van der Waals surface area contributed by atoms with Crippen LogP contribution in [0.5, 0.6) is 0 Å². The zero-order valence-corrected chi connectivity index (χ0v) is 17.3. The van der Waals surface area contributed by atoms with Crippen LogP contribution in [0.3, 0.4) is 0 Å². The van der Waals surface area contributed by atoms with E-state index < -0.39 is 0 Å². The normalized spacial score (nSPS) is 14.1. The third-order valence-electron chi connectivity index (χ3n) is 5.17. The standard InChI is InChI=1S/C23H27N3O2S/c27-21(15-14-17-8-3-1-4-9-17)26-23(29)25-20-13-7-12-19(16-20)24-22(28)18-10-5-2-6-11-18/h2,5-7,10-13,16-17H,1,3-4,8-9,14-15H2,(H,24,28)(H2,25,26,27,29). The van der Waals surface area contributed by atoms with Crippen LogP contribution in [0.1, 0.15) is 55.3 Å². The lowest BCUT2D eigenvalue weighted by Crippen LogP contribution is -2.34. The first-order chi connectivity index (χ1) is 14.1. The number of carbonyl (C=O) groups is 2. The second-order valence-electron chi connectivity index (χ2n) is 7.45. The van der Waals surface area contributed by atoms with Crippen LogP contribution in [0.4, 0.5) is 11.4 Å². The Hall–Kier alpha value is -2.73. The maximum absolute atomic E-state index is 12.3. The van der Waals surface area contributed by atoms with E-state index in [-0.39, 0.29) is 16.9 Å². The number of rotatable bonds is 6. The minimum absolute atomic E-state index is 0.0541. The van der Waals surface area contributed by atoms with Gasteiger partial charge in [0.15, 0.2) is 5.11 Å². The van der Waals surface area contributed by atoms with Crippen molar-refractivity contribution in [3.63, 3.8) is 0 Å². The number of anilines is 2. The fraction of sp³-hybridized carbons (Fsp3) is 0.348. The van der Waals surface area contributed by atoms with Crippen LogP contribution in [0.25, 0.3) is 0 Å². The maximum atomic E-state index is 12.3. The Morgan fingerprint density at radius 2 is 1.59 bits per heavy atom. The van der Waals surface area contributed by atoms with Crippen molar-refractivity contribution in [1.82, 2.24) is 5.32 Å². The average Bonchev–Trinajstić information content (AvgIpc) is 2.74. The molecule has 2 aromatic rings. The van der Waals surface area contributed by atoms with Crippen LogP contribution in [0, 0.1) is 5.92 Å². The summed E-state index contributed by atoms with van der Waals surface area (Å²) in [7, 11) is 0. The van der Waals surface area contributed by atoms with E-state index in [9.17, 15) is 9.59 Å². The lowest BCUT2D eigenvalue weighted by molar-refractivity contribution is -0.120. The zero-order valence-electron chi connectivity index (χ0n) is 16.4. The Kier molecular flexibility index (Phi) is 7.76. The molecule has 0 heterocycles. The van der Waals surface area contributed by atoms with Crippen molar-refractivity contribution < 1.29 is 9.59 Å². The maximum Gasteiger partial charge on any atom is 0.255 e. The van der Waals surface area contributed by atoms with Crippen LogP contribution in [0.15, 0.2) is 54.6 Å². The summed E-state index contributed by atoms with van der Waals surface area (Å²) in [6.45, 7) is 0. The number of amides is 2. The predicted octanol–water partition coefficient (Wildman–Crippen LogP) is 5.11. The molecule has 1 aliphatic carbocycles. The van der Waals surface area contributed by atoms with Crippen molar-refractivity contribution >= 4 is 40.5 Å². The quantitative estimate of drug-likeness (QED) is 0.580. The molecule has 1 aliphatic rings. The van der Waals surface area contributed by atoms with Crippen molar-refractivity contribution in [3.8, 4) is 0 Å². The van der Waals surface area contributed by atoms with Crippen molar-refractivity contribution in [2.24, 2.45) is 5.92 Å². The van der Waals surface area contributed by atoms with E-state index in [1.165, 1.54) is 32.1 Å². The monoisotopic (exact) mass is 409 g/mol. The van der Waals surface area contributed by atoms with Gasteiger partial charge in [-0.1, -0.05) is 56.4 Å². The molecule has 0 aromatic heterocycles. The van der Waals surface area contributed by atoms with E-state index in [1.807, 2.05) is 30.3 Å². The minimum Gasteiger partial charge on any atom is -0.332 e. The van der Waals surface area contributed by atoms with Crippen molar-refractivity contribution in [2.75, 3.05) is 10.6 Å². The number of carbonyl (C=O) groups excluding carboxylic acids is 2. The molecule has 0 aliphatic heterocycles. The predicted molar refractivity (Wildman–Crippen MR) is 121 cm³/mol. The highest BCUT2D eigenvalue weighted by Crippen LogP contribution is 2.27. The largest absolute Gasteiger partial charge is 0.332 e. The molecule has 3 N–H and O–H groups in total. The van der Waals surface area contributed by atoms with Crippen LogP contribution >= 0.6 is 12.2 Å². The molecule has 6 heteroatoms. The molecule has 0 radical (unpaired) electrons. The van der Waals surface area contributed by atoms with Crippen molar-refractivity contribution in [1.29, 1.82) is 0 Å². The zero-order chi connectivity index (χ0) is 20.5. The van der Waals surface area contributed by atoms with Gasteiger partial charge in [0.05, 0.1) is 0 Å². The van der Waals surface area contributed by atoms with E-state index >= 15 is 0 Å². The van der Waals surface area contributed by atoms with E-state index in [0.29, 0.717) is 29.3 Å². The fourth-order valence-corrected chi connectivity index (χ4v) is 3.86. The number of nitrogens with one attached hydrogen (secondary N) is 3. The Labute approximate surface area is 177 Å². The van der Waals surface area contributed by atoms with E-state index in [0.717, 1.165) is 6.42 Å². The van der Waals surface area contributed by atoms with Gasteiger partial charge in [0.1, 0.15) is 0 Å². The van der Waals surface area contributed by atoms with Gasteiger partial charge in [-0.3, -0.25) is 9.59 Å². The van der Waals surface area contributed by atoms with Gasteiger partial charge in [0, 0.05) is 23.4 Å². The SMILES string of the molecule is O=C(CCC1CCCCC1)NC(=S)Nc1cccc(NC(=O)c2ccccc2)c1. The summed E-state index contributed by atoms with van der Waals surface area (Å²) in [5, 5.41) is 8.89. The second kappa shape index (κ2) is 10.7. The van der Waals surface area contributed by atoms with E-state index in [2.05, 4.69) is 16.0 Å². The summed E-state index contributed by atoms with van der Waals surface area (Å²) >= 11 is 5.26. The summed E-state index contributed by atoms with van der Waals surface area (Å²) < 4.78 is 0. The topological polar surface area (TPSA) is 70.2 Å². The number of benzene rings is 2. The molecule has 5 nitrogen and oxygen atoms in total. The van der Waals surface area contributed by atoms with Gasteiger partial charge in [0.2, 0.25) is 5.91 Å². The highest BCUT2D eigenvalue weighted by Gasteiger charge is 2.15. The summed E-state index contributed by atoms with van der Waals surface area (Å²) in [6.07, 6.45) is 7.78. The van der Waals surface area contributed by atoms with E-state index in [1.54, 1.807) is 24.3 Å². The Morgan fingerprint density at radius 3 is 2.31 bits per heavy atom. The van der Waals surface area contributed by atoms with Gasteiger partial charge in [-0.25, -0.2) is 0 Å². The fourth-order valence-electron chi connectivity index (χ4n) is 3.63. The first-order valence-corrected chi connectivity index (χ1v) is 10.6. The van der Waals surface area contributed by atoms with Gasteiger partial charge in [-0.05, 0) is 54.9 Å². The van der Waals surface area contributed by atoms with Crippen molar-refractivity contribution in [3.05, 3.63) is 60.2 Å². The summed E-state index contributed by atoms with van der Waals surface area (Å²) in [5.41, 5.74) is 1.94. The highest BCUT2D eigenvalue weighted by atomic mass is 32.1. The van der Waals surface area contributed by atoms with Crippen LogP contribution < -0.4 is 16.0 Å². The summed E-state index contributed by atoms with van der Waals surface area (Å²) in [6, 6.07) is 16.3. The molecule has 152 valence electrons. The van der Waals surface area contributed by atoms with Gasteiger partial charge >= 0.3 is 0 Å². The summed E-state index contributed by atoms with van der Waals surface area (Å²) in [4.78, 5) is 24.4. The molecule has 2 aromatic carbocycles. The van der Waals surface area contributed by atoms with Crippen molar-refractivity contribution in [2.45, 2.75) is 44.9 Å². The molecule has 3 rings (SSSR count). The molecular weight excluding hydrogens is 382 g/mol. The minimum atomic E-state index is -0.179. The molecule has 0 bridgehead atoms. The lowest BCUT2D eigenvalue weighted by Gasteiger charge is -2.21. The molecule has 1 saturated carbocycles. The number of thiocarbonyl (C=S) groups is 1. The van der Waals surface area contributed by atoms with Gasteiger partial charge in [-0.2, -0.15) is 0 Å². The first-order valence-electron chi connectivity index (χ1n) is 10.2. The molecule has 0 spiro atoms. The molecule has 0 saturated heterocycles. The molecule has 0 atom stereocenters. The molecule has 29 heavy (non-hydrogen) atoms. The Morgan fingerprint density at radius 1 is 0.897 bits per heavy atom. The third kappa shape index (κ3) is 6.98. The highest BCUT2D eigenvalue weighted by molar-refractivity contribution is 7.80. The van der Waals surface area contributed by atoms with Crippen LogP contribution in [-0.2, 0) is 4.79 Å². The average molecular weight is 410 g/mol. The number of hydrogen-bond acceptors (Lipinski definition) is 3. The van der Waals surface area contributed by atoms with Crippen LogP contribution in [-0.4, -0.2) is 16.9 Å². The van der Waals surface area contributed by atoms with Gasteiger partial charge in [-0.15, -0.1) is 0 Å². The molecule has 0 unspecified atom stereocenters.